The lowest BCUT2D eigenvalue weighted by molar-refractivity contribution is 0.508. The highest BCUT2D eigenvalue weighted by molar-refractivity contribution is 7.89. The molecular weight excluding hydrogens is 390 g/mol. The molecule has 0 saturated heterocycles. The molecule has 1 heterocycles. The van der Waals surface area contributed by atoms with Crippen LogP contribution in [0.15, 0.2) is 64.5 Å². The standard InChI is InChI=1S/C18H16F2N4O3S/c19-15-6-3-13(11-16(15)20)24-10-9-23-17(18(24)25)22-8-7-12-1-4-14(5-2-12)28(21,26)27/h1-6,9-11H,7-8H2,(H,22,23)(H2,21,26,27). The summed E-state index contributed by atoms with van der Waals surface area (Å²) in [6.45, 7) is 0.346. The molecule has 10 heteroatoms. The second kappa shape index (κ2) is 7.87. The van der Waals surface area contributed by atoms with Gasteiger partial charge in [-0.15, -0.1) is 0 Å². The van der Waals surface area contributed by atoms with Crippen molar-refractivity contribution in [3.63, 3.8) is 0 Å². The fourth-order valence-corrected chi connectivity index (χ4v) is 3.06. The van der Waals surface area contributed by atoms with Crippen molar-refractivity contribution in [2.24, 2.45) is 5.14 Å². The number of nitrogens with zero attached hydrogens (tertiary/aromatic N) is 2. The molecule has 0 amide bonds. The highest BCUT2D eigenvalue weighted by Crippen LogP contribution is 2.12. The molecule has 0 bridgehead atoms. The zero-order valence-corrected chi connectivity index (χ0v) is 15.3. The Morgan fingerprint density at radius 1 is 1.07 bits per heavy atom. The summed E-state index contributed by atoms with van der Waals surface area (Å²) in [6, 6.07) is 9.21. The number of sulfonamides is 1. The van der Waals surface area contributed by atoms with Gasteiger partial charge in [0.05, 0.1) is 10.6 Å². The fourth-order valence-electron chi connectivity index (χ4n) is 2.54. The lowest BCUT2D eigenvalue weighted by Gasteiger charge is -2.10. The normalized spacial score (nSPS) is 11.4. The van der Waals surface area contributed by atoms with E-state index in [-0.39, 0.29) is 16.4 Å². The molecule has 0 radical (unpaired) electrons. The monoisotopic (exact) mass is 406 g/mol. The Morgan fingerprint density at radius 3 is 2.43 bits per heavy atom. The molecule has 0 atom stereocenters. The number of primary sulfonamides is 1. The van der Waals surface area contributed by atoms with Gasteiger partial charge >= 0.3 is 0 Å². The molecule has 28 heavy (non-hydrogen) atoms. The van der Waals surface area contributed by atoms with Crippen molar-refractivity contribution < 1.29 is 17.2 Å². The second-order valence-corrected chi connectivity index (χ2v) is 7.48. The summed E-state index contributed by atoms with van der Waals surface area (Å²) < 4.78 is 50.1. The zero-order valence-electron chi connectivity index (χ0n) is 14.5. The van der Waals surface area contributed by atoms with E-state index in [4.69, 9.17) is 5.14 Å². The van der Waals surface area contributed by atoms with Crippen molar-refractivity contribution in [1.82, 2.24) is 9.55 Å². The van der Waals surface area contributed by atoms with E-state index in [9.17, 15) is 22.0 Å². The Balaban J connectivity index is 1.72. The van der Waals surface area contributed by atoms with Crippen LogP contribution < -0.4 is 16.0 Å². The number of rotatable bonds is 6. The number of nitrogens with one attached hydrogen (secondary N) is 1. The summed E-state index contributed by atoms with van der Waals surface area (Å²) in [5, 5.41) is 7.94. The van der Waals surface area contributed by atoms with E-state index in [1.54, 1.807) is 12.1 Å². The van der Waals surface area contributed by atoms with Crippen molar-refractivity contribution in [3.8, 4) is 5.69 Å². The largest absolute Gasteiger partial charge is 0.365 e. The first kappa shape index (κ1) is 19.6. The van der Waals surface area contributed by atoms with Gasteiger partial charge in [-0.2, -0.15) is 0 Å². The Hall–Kier alpha value is -3.11. The van der Waals surface area contributed by atoms with Crippen LogP contribution in [-0.4, -0.2) is 24.5 Å². The van der Waals surface area contributed by atoms with Gasteiger partial charge in [0.2, 0.25) is 10.0 Å². The molecule has 0 spiro atoms. The third kappa shape index (κ3) is 4.41. The Kier molecular flexibility index (Phi) is 5.52. The lowest BCUT2D eigenvalue weighted by atomic mass is 10.1. The van der Waals surface area contributed by atoms with Crippen molar-refractivity contribution >= 4 is 15.8 Å². The first-order valence-electron chi connectivity index (χ1n) is 8.14. The third-order valence-corrected chi connectivity index (χ3v) is 4.91. The minimum Gasteiger partial charge on any atom is -0.365 e. The maximum absolute atomic E-state index is 13.4. The van der Waals surface area contributed by atoms with Gasteiger partial charge < -0.3 is 5.32 Å². The summed E-state index contributed by atoms with van der Waals surface area (Å²) in [7, 11) is -3.75. The average molecular weight is 406 g/mol. The molecule has 3 aromatic rings. The Morgan fingerprint density at radius 2 is 1.79 bits per heavy atom. The quantitative estimate of drug-likeness (QED) is 0.649. The summed E-state index contributed by atoms with van der Waals surface area (Å²) in [4.78, 5) is 16.5. The SMILES string of the molecule is NS(=O)(=O)c1ccc(CCNc2nccn(-c3ccc(F)c(F)c3)c2=O)cc1. The molecule has 0 aliphatic heterocycles. The minimum atomic E-state index is -3.75. The van der Waals surface area contributed by atoms with Crippen LogP contribution in [-0.2, 0) is 16.4 Å². The van der Waals surface area contributed by atoms with Gasteiger partial charge in [-0.1, -0.05) is 12.1 Å². The first-order chi connectivity index (χ1) is 13.3. The van der Waals surface area contributed by atoms with Crippen LogP contribution >= 0.6 is 0 Å². The van der Waals surface area contributed by atoms with Gasteiger partial charge in [-0.05, 0) is 36.2 Å². The Labute approximate surface area is 159 Å². The van der Waals surface area contributed by atoms with E-state index < -0.39 is 27.2 Å². The molecule has 0 aliphatic rings. The molecule has 0 fully saturated rings. The van der Waals surface area contributed by atoms with Crippen molar-refractivity contribution in [3.05, 3.63) is 82.4 Å². The van der Waals surface area contributed by atoms with E-state index in [1.165, 1.54) is 30.6 Å². The average Bonchev–Trinajstić information content (AvgIpc) is 2.65. The van der Waals surface area contributed by atoms with Crippen LogP contribution in [0.25, 0.3) is 5.69 Å². The predicted octanol–water partition coefficient (Wildman–Crippen LogP) is 1.81. The van der Waals surface area contributed by atoms with Gasteiger partial charge in [0.25, 0.3) is 5.56 Å². The number of halogens is 2. The molecule has 3 rings (SSSR count). The smallest absolute Gasteiger partial charge is 0.297 e. The van der Waals surface area contributed by atoms with Gasteiger partial charge in [0, 0.05) is 25.0 Å². The number of hydrogen-bond donors (Lipinski definition) is 2. The van der Waals surface area contributed by atoms with E-state index in [0.717, 1.165) is 22.3 Å². The molecule has 1 aromatic heterocycles. The van der Waals surface area contributed by atoms with Crippen LogP contribution in [0.4, 0.5) is 14.6 Å². The van der Waals surface area contributed by atoms with E-state index in [1.807, 2.05) is 0 Å². The van der Waals surface area contributed by atoms with Crippen LogP contribution in [0.1, 0.15) is 5.56 Å². The van der Waals surface area contributed by atoms with Crippen LogP contribution in [0.2, 0.25) is 0 Å². The molecule has 0 unspecified atom stereocenters. The number of hydrogen-bond acceptors (Lipinski definition) is 5. The van der Waals surface area contributed by atoms with E-state index >= 15 is 0 Å². The highest BCUT2D eigenvalue weighted by atomic mass is 32.2. The predicted molar refractivity (Wildman–Crippen MR) is 99.8 cm³/mol. The summed E-state index contributed by atoms with van der Waals surface area (Å²) in [5.74, 6) is -2.01. The van der Waals surface area contributed by atoms with Gasteiger partial charge in [-0.3, -0.25) is 9.36 Å². The molecule has 0 aliphatic carbocycles. The number of anilines is 1. The molecule has 2 aromatic carbocycles. The van der Waals surface area contributed by atoms with Crippen LogP contribution in [0.3, 0.4) is 0 Å². The molecule has 7 nitrogen and oxygen atoms in total. The lowest BCUT2D eigenvalue weighted by Crippen LogP contribution is -2.24. The third-order valence-electron chi connectivity index (χ3n) is 3.98. The van der Waals surface area contributed by atoms with Crippen LogP contribution in [0.5, 0.6) is 0 Å². The maximum atomic E-state index is 13.4. The molecule has 3 N–H and O–H groups in total. The summed E-state index contributed by atoms with van der Waals surface area (Å²) >= 11 is 0. The number of nitrogens with two attached hydrogens (primary N) is 1. The van der Waals surface area contributed by atoms with Crippen molar-refractivity contribution in [1.29, 1.82) is 0 Å². The highest BCUT2D eigenvalue weighted by Gasteiger charge is 2.10. The van der Waals surface area contributed by atoms with E-state index in [2.05, 4.69) is 10.3 Å². The summed E-state index contributed by atoms with van der Waals surface area (Å²) in [6.07, 6.45) is 3.21. The first-order valence-corrected chi connectivity index (χ1v) is 9.69. The van der Waals surface area contributed by atoms with Crippen molar-refractivity contribution in [2.75, 3.05) is 11.9 Å². The maximum Gasteiger partial charge on any atom is 0.297 e. The minimum absolute atomic E-state index is 0.0170. The molecule has 0 saturated carbocycles. The summed E-state index contributed by atoms with van der Waals surface area (Å²) in [5.41, 5.74) is 0.489. The topological polar surface area (TPSA) is 107 Å². The van der Waals surface area contributed by atoms with Crippen LogP contribution in [0, 0.1) is 11.6 Å². The number of benzene rings is 2. The molecular formula is C18H16F2N4O3S. The Bertz CT molecular complexity index is 1160. The van der Waals surface area contributed by atoms with Gasteiger partial charge in [0.15, 0.2) is 17.5 Å². The fraction of sp³-hybridized carbons (Fsp3) is 0.111. The van der Waals surface area contributed by atoms with Crippen molar-refractivity contribution in [2.45, 2.75) is 11.3 Å². The van der Waals surface area contributed by atoms with Gasteiger partial charge in [-0.25, -0.2) is 27.3 Å². The van der Waals surface area contributed by atoms with Gasteiger partial charge in [0.1, 0.15) is 0 Å². The second-order valence-electron chi connectivity index (χ2n) is 5.92. The number of aromatic nitrogens is 2. The molecule has 146 valence electrons. The zero-order chi connectivity index (χ0) is 20.3. The van der Waals surface area contributed by atoms with E-state index in [0.29, 0.717) is 13.0 Å².